The molecule has 0 bridgehead atoms. The maximum Gasteiger partial charge on any atom is 0.0424 e. The van der Waals surface area contributed by atoms with Gasteiger partial charge in [-0.2, -0.15) is 0 Å². The first-order valence-electron chi connectivity index (χ1n) is 15.1. The third kappa shape index (κ3) is 7.35. The van der Waals surface area contributed by atoms with Crippen molar-refractivity contribution in [3.8, 4) is 0 Å². The number of unbranched alkanes of at least 4 members (excludes halogenated alkanes) is 14. The van der Waals surface area contributed by atoms with Gasteiger partial charge < -0.3 is 0 Å². The van der Waals surface area contributed by atoms with Gasteiger partial charge in [-0.05, 0) is 82.6 Å². The molecule has 0 saturated carbocycles. The average Bonchev–Trinajstić information content (AvgIpc) is 3.58. The second-order valence-electron chi connectivity index (χ2n) is 10.9. The average molecular weight is 521 g/mol. The monoisotopic (exact) mass is 520 g/mol. The molecule has 196 valence electrons. The van der Waals surface area contributed by atoms with Crippen LogP contribution in [0.4, 0.5) is 0 Å². The molecule has 0 atom stereocenters. The van der Waals surface area contributed by atoms with Crippen molar-refractivity contribution < 1.29 is 0 Å². The number of rotatable bonds is 18. The molecule has 0 aliphatic carbocycles. The van der Waals surface area contributed by atoms with Crippen LogP contribution in [0, 0.1) is 0 Å². The standard InChI is InChI=1S/C34H48S2/c1-3-5-7-9-11-13-15-17-19-27-25-31-32(33-29(27)21-23-35-33)26-28(30-22-24-36-34(30)31)20-18-16-14-12-10-8-6-4-2/h21-26H,3-20H2,1-2H3. The van der Waals surface area contributed by atoms with Crippen LogP contribution in [0.5, 0.6) is 0 Å². The lowest BCUT2D eigenvalue weighted by molar-refractivity contribution is 0.576. The second-order valence-corrected chi connectivity index (χ2v) is 12.8. The van der Waals surface area contributed by atoms with Crippen LogP contribution in [-0.2, 0) is 12.8 Å². The molecule has 0 aliphatic heterocycles. The third-order valence-electron chi connectivity index (χ3n) is 8.04. The van der Waals surface area contributed by atoms with Gasteiger partial charge in [0, 0.05) is 20.2 Å². The summed E-state index contributed by atoms with van der Waals surface area (Å²) < 4.78 is 3.05. The highest BCUT2D eigenvalue weighted by Crippen LogP contribution is 2.40. The van der Waals surface area contributed by atoms with Crippen LogP contribution in [0.1, 0.15) is 128 Å². The number of hydrogen-bond donors (Lipinski definition) is 0. The molecular formula is C34H48S2. The zero-order valence-electron chi connectivity index (χ0n) is 23.0. The van der Waals surface area contributed by atoms with Crippen molar-refractivity contribution in [1.29, 1.82) is 0 Å². The predicted octanol–water partition coefficient (Wildman–Crippen LogP) is 12.6. The fraction of sp³-hybridized carbons (Fsp3) is 0.588. The van der Waals surface area contributed by atoms with Crippen molar-refractivity contribution in [2.75, 3.05) is 0 Å². The molecule has 0 unspecified atom stereocenters. The normalized spacial score (nSPS) is 11.9. The van der Waals surface area contributed by atoms with E-state index in [-0.39, 0.29) is 0 Å². The van der Waals surface area contributed by atoms with Gasteiger partial charge in [0.15, 0.2) is 0 Å². The van der Waals surface area contributed by atoms with E-state index in [4.69, 9.17) is 0 Å². The summed E-state index contributed by atoms with van der Waals surface area (Å²) in [6.07, 6.45) is 24.7. The van der Waals surface area contributed by atoms with Crippen molar-refractivity contribution in [2.45, 2.75) is 129 Å². The molecule has 36 heavy (non-hydrogen) atoms. The molecule has 2 aromatic carbocycles. The molecule has 4 rings (SSSR count). The summed E-state index contributed by atoms with van der Waals surface area (Å²) in [6.45, 7) is 4.60. The molecule has 0 amide bonds. The zero-order valence-corrected chi connectivity index (χ0v) is 24.6. The fourth-order valence-electron chi connectivity index (χ4n) is 5.89. The van der Waals surface area contributed by atoms with E-state index >= 15 is 0 Å². The van der Waals surface area contributed by atoms with Crippen LogP contribution in [0.15, 0.2) is 35.0 Å². The van der Waals surface area contributed by atoms with Gasteiger partial charge in [-0.1, -0.05) is 104 Å². The molecular weight excluding hydrogens is 473 g/mol. The summed E-state index contributed by atoms with van der Waals surface area (Å²) in [5.41, 5.74) is 3.16. The lowest BCUT2D eigenvalue weighted by atomic mass is 9.94. The smallest absolute Gasteiger partial charge is 0.0424 e. The van der Waals surface area contributed by atoms with Gasteiger partial charge in [0.25, 0.3) is 0 Å². The van der Waals surface area contributed by atoms with Gasteiger partial charge >= 0.3 is 0 Å². The van der Waals surface area contributed by atoms with Crippen molar-refractivity contribution >= 4 is 53.6 Å². The Morgan fingerprint density at radius 1 is 0.444 bits per heavy atom. The SMILES string of the molecule is CCCCCCCCCCc1cc2c(cc(CCCCCCCCCC)c3ccsc32)c2sccc12. The van der Waals surface area contributed by atoms with E-state index in [1.165, 1.54) is 147 Å². The molecule has 2 heteroatoms. The number of fused-ring (bicyclic) bond motifs is 5. The van der Waals surface area contributed by atoms with Gasteiger partial charge in [0.1, 0.15) is 0 Å². The van der Waals surface area contributed by atoms with E-state index in [1.54, 1.807) is 11.1 Å². The van der Waals surface area contributed by atoms with E-state index in [0.717, 1.165) is 0 Å². The highest BCUT2D eigenvalue weighted by Gasteiger charge is 2.14. The first-order chi connectivity index (χ1) is 17.8. The molecule has 0 nitrogen and oxygen atoms in total. The van der Waals surface area contributed by atoms with Crippen LogP contribution in [0.3, 0.4) is 0 Å². The van der Waals surface area contributed by atoms with Gasteiger partial charge in [0.2, 0.25) is 0 Å². The van der Waals surface area contributed by atoms with E-state index < -0.39 is 0 Å². The Morgan fingerprint density at radius 3 is 1.19 bits per heavy atom. The van der Waals surface area contributed by atoms with Crippen molar-refractivity contribution in [3.05, 3.63) is 46.2 Å². The Kier molecular flexibility index (Phi) is 11.6. The van der Waals surface area contributed by atoms with Crippen molar-refractivity contribution in [2.24, 2.45) is 0 Å². The van der Waals surface area contributed by atoms with Crippen LogP contribution in [0.2, 0.25) is 0 Å². The molecule has 0 fully saturated rings. The van der Waals surface area contributed by atoms with Crippen molar-refractivity contribution in [1.82, 2.24) is 0 Å². The Labute approximate surface area is 228 Å². The Hall–Kier alpha value is -1.38. The largest absolute Gasteiger partial charge is 0.143 e. The minimum absolute atomic E-state index is 1.23. The highest BCUT2D eigenvalue weighted by molar-refractivity contribution is 7.19. The first-order valence-corrected chi connectivity index (χ1v) is 16.9. The molecule has 0 saturated heterocycles. The fourth-order valence-corrected chi connectivity index (χ4v) is 7.81. The van der Waals surface area contributed by atoms with E-state index in [0.29, 0.717) is 0 Å². The maximum absolute atomic E-state index is 2.56. The summed E-state index contributed by atoms with van der Waals surface area (Å²) >= 11 is 3.90. The summed E-state index contributed by atoms with van der Waals surface area (Å²) in [6, 6.07) is 9.89. The van der Waals surface area contributed by atoms with Crippen LogP contribution >= 0.6 is 22.7 Å². The summed E-state index contributed by atoms with van der Waals surface area (Å²) in [4.78, 5) is 0. The molecule has 0 N–H and O–H groups in total. The summed E-state index contributed by atoms with van der Waals surface area (Å²) in [5.74, 6) is 0. The predicted molar refractivity (Wildman–Crippen MR) is 167 cm³/mol. The first kappa shape index (κ1) is 27.6. The van der Waals surface area contributed by atoms with Crippen molar-refractivity contribution in [3.63, 3.8) is 0 Å². The van der Waals surface area contributed by atoms with Gasteiger partial charge in [-0.3, -0.25) is 0 Å². The van der Waals surface area contributed by atoms with Gasteiger partial charge in [0.05, 0.1) is 0 Å². The van der Waals surface area contributed by atoms with Crippen LogP contribution in [-0.4, -0.2) is 0 Å². The van der Waals surface area contributed by atoms with Crippen LogP contribution in [0.25, 0.3) is 30.9 Å². The highest BCUT2D eigenvalue weighted by atomic mass is 32.1. The minimum Gasteiger partial charge on any atom is -0.143 e. The minimum atomic E-state index is 1.23. The molecule has 0 aliphatic rings. The summed E-state index contributed by atoms with van der Waals surface area (Å²) in [7, 11) is 0. The molecule has 2 aromatic heterocycles. The topological polar surface area (TPSA) is 0 Å². The quantitative estimate of drug-likeness (QED) is 0.114. The number of thiophene rings is 2. The molecule has 0 radical (unpaired) electrons. The van der Waals surface area contributed by atoms with E-state index in [2.05, 4.69) is 48.9 Å². The Bertz CT molecular complexity index is 1080. The zero-order chi connectivity index (χ0) is 25.0. The summed E-state index contributed by atoms with van der Waals surface area (Å²) in [5, 5.41) is 10.7. The third-order valence-corrected chi connectivity index (χ3v) is 9.93. The van der Waals surface area contributed by atoms with E-state index in [1.807, 2.05) is 22.7 Å². The Balaban J connectivity index is 1.42. The molecule has 2 heterocycles. The number of aryl methyl sites for hydroxylation is 2. The maximum atomic E-state index is 2.56. The van der Waals surface area contributed by atoms with E-state index in [9.17, 15) is 0 Å². The number of benzene rings is 2. The number of hydrogen-bond acceptors (Lipinski definition) is 2. The lowest BCUT2D eigenvalue weighted by Crippen LogP contribution is -1.92. The van der Waals surface area contributed by atoms with Crippen LogP contribution < -0.4 is 0 Å². The second kappa shape index (κ2) is 15.1. The Morgan fingerprint density at radius 2 is 0.806 bits per heavy atom. The molecule has 0 spiro atoms. The van der Waals surface area contributed by atoms with Gasteiger partial charge in [-0.15, -0.1) is 22.7 Å². The van der Waals surface area contributed by atoms with Gasteiger partial charge in [-0.25, -0.2) is 0 Å². The lowest BCUT2D eigenvalue weighted by Gasteiger charge is -2.12. The molecule has 4 aromatic rings.